The highest BCUT2D eigenvalue weighted by molar-refractivity contribution is 5.64. The van der Waals surface area contributed by atoms with E-state index in [4.69, 9.17) is 10.8 Å². The van der Waals surface area contributed by atoms with Gasteiger partial charge in [-0.05, 0) is 12.1 Å². The number of pyridine rings is 1. The monoisotopic (exact) mass is 185 g/mol. The molecule has 70 valence electrons. The van der Waals surface area contributed by atoms with Crippen molar-refractivity contribution < 1.29 is 14.3 Å². The summed E-state index contributed by atoms with van der Waals surface area (Å²) in [6, 6.07) is 2.45. The van der Waals surface area contributed by atoms with Crippen LogP contribution in [-0.4, -0.2) is 16.2 Å². The largest absolute Gasteiger partial charge is 0.465 e. The number of rotatable bonds is 2. The Bertz CT molecular complexity index is 330. The highest BCUT2D eigenvalue weighted by Crippen LogP contribution is 2.06. The van der Waals surface area contributed by atoms with Gasteiger partial charge in [-0.15, -0.1) is 0 Å². The molecule has 1 aromatic heterocycles. The molecule has 0 saturated heterocycles. The molecule has 0 aliphatic carbocycles. The fourth-order valence-corrected chi connectivity index (χ4v) is 0.785. The van der Waals surface area contributed by atoms with Crippen LogP contribution in [0.3, 0.4) is 0 Å². The zero-order valence-electron chi connectivity index (χ0n) is 6.62. The maximum atomic E-state index is 12.9. The summed E-state index contributed by atoms with van der Waals surface area (Å²) in [6.07, 6.45) is -1.23. The molecular formula is C7H8FN3O2. The third-order valence-corrected chi connectivity index (χ3v) is 1.35. The number of nitrogens with one attached hydrogen (secondary N) is 1. The van der Waals surface area contributed by atoms with Crippen molar-refractivity contribution in [1.29, 1.82) is 0 Å². The highest BCUT2D eigenvalue weighted by Gasteiger charge is 2.05. The Balaban J connectivity index is 2.75. The van der Waals surface area contributed by atoms with Gasteiger partial charge in [0.2, 0.25) is 0 Å². The molecule has 6 heteroatoms. The third kappa shape index (κ3) is 2.58. The van der Waals surface area contributed by atoms with Crippen LogP contribution in [0.5, 0.6) is 0 Å². The number of halogens is 1. The lowest BCUT2D eigenvalue weighted by atomic mass is 10.3. The van der Waals surface area contributed by atoms with Crippen LogP contribution in [0.4, 0.5) is 15.0 Å². The van der Waals surface area contributed by atoms with E-state index >= 15 is 0 Å². The average Bonchev–Trinajstić information content (AvgIpc) is 2.06. The van der Waals surface area contributed by atoms with E-state index in [1.807, 2.05) is 5.32 Å². The van der Waals surface area contributed by atoms with Crippen molar-refractivity contribution in [2.24, 2.45) is 0 Å². The van der Waals surface area contributed by atoms with E-state index in [-0.39, 0.29) is 18.1 Å². The molecule has 0 bridgehead atoms. The molecule has 0 fully saturated rings. The van der Waals surface area contributed by atoms with Gasteiger partial charge in [0.1, 0.15) is 11.6 Å². The highest BCUT2D eigenvalue weighted by atomic mass is 19.1. The van der Waals surface area contributed by atoms with Crippen molar-refractivity contribution in [3.8, 4) is 0 Å². The van der Waals surface area contributed by atoms with E-state index in [9.17, 15) is 9.18 Å². The maximum Gasteiger partial charge on any atom is 0.404 e. The Morgan fingerprint density at radius 3 is 3.00 bits per heavy atom. The summed E-state index contributed by atoms with van der Waals surface area (Å²) >= 11 is 0. The van der Waals surface area contributed by atoms with Gasteiger partial charge < -0.3 is 16.2 Å². The van der Waals surface area contributed by atoms with Crippen molar-refractivity contribution in [3.63, 3.8) is 0 Å². The zero-order chi connectivity index (χ0) is 9.84. The molecule has 4 N–H and O–H groups in total. The number of amides is 1. The van der Waals surface area contributed by atoms with Crippen LogP contribution in [0.15, 0.2) is 12.1 Å². The Kier molecular flexibility index (Phi) is 2.63. The summed E-state index contributed by atoms with van der Waals surface area (Å²) in [5, 5.41) is 10.2. The Hall–Kier alpha value is -1.85. The number of nitrogens with zero attached hydrogens (tertiary/aromatic N) is 1. The Morgan fingerprint density at radius 1 is 1.69 bits per heavy atom. The summed E-state index contributed by atoms with van der Waals surface area (Å²) in [7, 11) is 0. The molecule has 1 amide bonds. The zero-order valence-corrected chi connectivity index (χ0v) is 6.62. The van der Waals surface area contributed by atoms with Crippen LogP contribution in [0.1, 0.15) is 5.69 Å². The maximum absolute atomic E-state index is 12.9. The van der Waals surface area contributed by atoms with E-state index < -0.39 is 11.9 Å². The smallest absolute Gasteiger partial charge is 0.404 e. The van der Waals surface area contributed by atoms with E-state index in [0.29, 0.717) is 0 Å². The number of anilines is 1. The van der Waals surface area contributed by atoms with Crippen LogP contribution >= 0.6 is 0 Å². The number of nitrogen functional groups attached to an aromatic ring is 1. The molecule has 1 rings (SSSR count). The lowest BCUT2D eigenvalue weighted by molar-refractivity contribution is 0.193. The van der Waals surface area contributed by atoms with Gasteiger partial charge in [-0.2, -0.15) is 0 Å². The standard InChI is InChI=1S/C7H8FN3O2/c8-4-1-2-6(9)11-5(4)3-10-7(12)13/h1-2,10H,3H2,(H2,9,11)(H,12,13). The topological polar surface area (TPSA) is 88.2 Å². The lowest BCUT2D eigenvalue weighted by Gasteiger charge is -2.02. The molecule has 13 heavy (non-hydrogen) atoms. The van der Waals surface area contributed by atoms with Crippen LogP contribution in [0.2, 0.25) is 0 Å². The van der Waals surface area contributed by atoms with Crippen LogP contribution < -0.4 is 11.1 Å². The van der Waals surface area contributed by atoms with Crippen molar-refractivity contribution in [2.45, 2.75) is 6.54 Å². The van der Waals surface area contributed by atoms with Gasteiger partial charge in [0.05, 0.1) is 12.2 Å². The first-order valence-corrected chi connectivity index (χ1v) is 3.47. The van der Waals surface area contributed by atoms with Gasteiger partial charge in [-0.1, -0.05) is 0 Å². The van der Waals surface area contributed by atoms with Crippen LogP contribution in [0.25, 0.3) is 0 Å². The van der Waals surface area contributed by atoms with E-state index in [1.54, 1.807) is 0 Å². The minimum Gasteiger partial charge on any atom is -0.465 e. The quantitative estimate of drug-likeness (QED) is 0.628. The second kappa shape index (κ2) is 3.70. The molecule has 0 unspecified atom stereocenters. The minimum absolute atomic E-state index is 0.0117. The number of nitrogens with two attached hydrogens (primary N) is 1. The average molecular weight is 185 g/mol. The van der Waals surface area contributed by atoms with Gasteiger partial charge in [-0.25, -0.2) is 14.2 Å². The molecule has 0 aliphatic rings. The first-order valence-electron chi connectivity index (χ1n) is 3.47. The van der Waals surface area contributed by atoms with Crippen molar-refractivity contribution in [1.82, 2.24) is 10.3 Å². The molecule has 0 spiro atoms. The van der Waals surface area contributed by atoms with Crippen molar-refractivity contribution in [3.05, 3.63) is 23.6 Å². The molecular weight excluding hydrogens is 177 g/mol. The predicted molar refractivity (Wildman–Crippen MR) is 43.5 cm³/mol. The number of hydrogen-bond acceptors (Lipinski definition) is 3. The molecule has 0 aromatic carbocycles. The lowest BCUT2D eigenvalue weighted by Crippen LogP contribution is -2.21. The molecule has 0 radical (unpaired) electrons. The summed E-state index contributed by atoms with van der Waals surface area (Å²) in [5.74, 6) is -0.425. The molecule has 5 nitrogen and oxygen atoms in total. The molecule has 0 saturated carbocycles. The predicted octanol–water partition coefficient (Wildman–Crippen LogP) is 0.571. The molecule has 1 aromatic rings. The Labute approximate surface area is 73.4 Å². The number of carboxylic acid groups (broad SMARTS) is 1. The SMILES string of the molecule is Nc1ccc(F)c(CNC(=O)O)n1. The second-order valence-electron chi connectivity index (χ2n) is 2.32. The number of aromatic nitrogens is 1. The summed E-state index contributed by atoms with van der Waals surface area (Å²) < 4.78 is 12.9. The minimum atomic E-state index is -1.23. The van der Waals surface area contributed by atoms with Gasteiger partial charge in [0.15, 0.2) is 0 Å². The normalized spacial score (nSPS) is 9.62. The first-order chi connectivity index (χ1) is 6.09. The van der Waals surface area contributed by atoms with E-state index in [1.165, 1.54) is 6.07 Å². The van der Waals surface area contributed by atoms with Crippen molar-refractivity contribution >= 4 is 11.9 Å². The van der Waals surface area contributed by atoms with Gasteiger partial charge in [0.25, 0.3) is 0 Å². The number of carbonyl (C=O) groups is 1. The summed E-state index contributed by atoms with van der Waals surface area (Å²) in [4.78, 5) is 13.7. The Morgan fingerprint density at radius 2 is 2.38 bits per heavy atom. The van der Waals surface area contributed by atoms with Crippen LogP contribution in [-0.2, 0) is 6.54 Å². The summed E-state index contributed by atoms with van der Waals surface area (Å²) in [6.45, 7) is -0.188. The van der Waals surface area contributed by atoms with Gasteiger partial charge >= 0.3 is 6.09 Å². The van der Waals surface area contributed by atoms with Crippen molar-refractivity contribution in [2.75, 3.05) is 5.73 Å². The second-order valence-corrected chi connectivity index (χ2v) is 2.32. The van der Waals surface area contributed by atoms with Crippen LogP contribution in [0, 0.1) is 5.82 Å². The molecule has 0 aliphatic heterocycles. The van der Waals surface area contributed by atoms with E-state index in [0.717, 1.165) is 6.07 Å². The molecule has 1 heterocycles. The summed E-state index contributed by atoms with van der Waals surface area (Å²) in [5.41, 5.74) is 5.27. The fourth-order valence-electron chi connectivity index (χ4n) is 0.785. The van der Waals surface area contributed by atoms with E-state index in [2.05, 4.69) is 4.98 Å². The van der Waals surface area contributed by atoms with Gasteiger partial charge in [0, 0.05) is 0 Å². The molecule has 0 atom stereocenters. The third-order valence-electron chi connectivity index (χ3n) is 1.35. The number of hydrogen-bond donors (Lipinski definition) is 3. The fraction of sp³-hybridized carbons (Fsp3) is 0.143. The first kappa shape index (κ1) is 9.24. The van der Waals surface area contributed by atoms with Gasteiger partial charge in [-0.3, -0.25) is 0 Å².